The van der Waals surface area contributed by atoms with Gasteiger partial charge in [-0.15, -0.1) is 11.3 Å². The van der Waals surface area contributed by atoms with E-state index in [1.165, 1.54) is 29.7 Å². The van der Waals surface area contributed by atoms with Crippen LogP contribution in [0.15, 0.2) is 35.3 Å². The van der Waals surface area contributed by atoms with Gasteiger partial charge in [-0.2, -0.15) is 15.0 Å². The van der Waals surface area contributed by atoms with Crippen molar-refractivity contribution in [2.75, 3.05) is 11.9 Å². The fraction of sp³-hybridized carbons (Fsp3) is 0.190. The zero-order valence-electron chi connectivity index (χ0n) is 16.4. The van der Waals surface area contributed by atoms with Gasteiger partial charge in [-0.3, -0.25) is 9.59 Å². The number of halogens is 2. The molecule has 2 aromatic heterocycles. The molecule has 32 heavy (non-hydrogen) atoms. The van der Waals surface area contributed by atoms with Crippen LogP contribution < -0.4 is 10.9 Å². The van der Waals surface area contributed by atoms with E-state index in [4.69, 9.17) is 27.9 Å². The number of carbonyl (C=O) groups excluding carboxylic acids is 2. The van der Waals surface area contributed by atoms with Crippen molar-refractivity contribution in [3.05, 3.63) is 72.4 Å². The molecule has 1 amide bonds. The third kappa shape index (κ3) is 4.12. The Bertz CT molecular complexity index is 1340. The standard InChI is InChI=1S/C21H14Cl2N4O4S/c22-14-9-25-27(20(29)18(14)23)15-6-2-1-4-12(15)21(30)31-10-17(28)26-19-13(8-24)11-5-3-7-16(11)32-19/h1-2,4,6,9H,3,5,7,10H2,(H,26,28). The number of rotatable bonds is 5. The Morgan fingerprint density at radius 1 is 1.28 bits per heavy atom. The molecule has 0 fully saturated rings. The van der Waals surface area contributed by atoms with Crippen LogP contribution in [0.3, 0.4) is 0 Å². The molecule has 0 aliphatic heterocycles. The Hall–Kier alpha value is -3.19. The highest BCUT2D eigenvalue weighted by Crippen LogP contribution is 2.38. The van der Waals surface area contributed by atoms with Crippen LogP contribution in [0, 0.1) is 11.3 Å². The lowest BCUT2D eigenvalue weighted by Crippen LogP contribution is -2.25. The van der Waals surface area contributed by atoms with Gasteiger partial charge in [0.25, 0.3) is 11.5 Å². The number of esters is 1. The van der Waals surface area contributed by atoms with Crippen molar-refractivity contribution in [3.63, 3.8) is 0 Å². The normalized spacial score (nSPS) is 12.2. The molecule has 1 N–H and O–H groups in total. The molecule has 0 unspecified atom stereocenters. The number of fused-ring (bicyclic) bond motifs is 1. The maximum absolute atomic E-state index is 12.6. The number of nitriles is 1. The van der Waals surface area contributed by atoms with Gasteiger partial charge in [-0.05, 0) is 37.0 Å². The second-order valence-electron chi connectivity index (χ2n) is 6.84. The average Bonchev–Trinajstić information content (AvgIpc) is 3.37. The minimum Gasteiger partial charge on any atom is -0.452 e. The molecule has 2 heterocycles. The summed E-state index contributed by atoms with van der Waals surface area (Å²) in [5, 5.41) is 16.2. The molecular weight excluding hydrogens is 475 g/mol. The second-order valence-corrected chi connectivity index (χ2v) is 8.73. The van der Waals surface area contributed by atoms with Crippen molar-refractivity contribution >= 4 is 51.4 Å². The van der Waals surface area contributed by atoms with Crippen LogP contribution in [-0.2, 0) is 22.4 Å². The number of anilines is 1. The number of nitrogens with zero attached hydrogens (tertiary/aromatic N) is 3. The number of ether oxygens (including phenoxy) is 1. The lowest BCUT2D eigenvalue weighted by Gasteiger charge is -2.11. The summed E-state index contributed by atoms with van der Waals surface area (Å²) in [6.45, 7) is -0.565. The molecule has 3 aromatic rings. The fourth-order valence-corrected chi connectivity index (χ4v) is 4.91. The summed E-state index contributed by atoms with van der Waals surface area (Å²) >= 11 is 13.1. The van der Waals surface area contributed by atoms with Gasteiger partial charge < -0.3 is 10.1 Å². The molecule has 11 heteroatoms. The highest BCUT2D eigenvalue weighted by atomic mass is 35.5. The number of carbonyl (C=O) groups is 2. The Kier molecular flexibility index (Phi) is 6.28. The Morgan fingerprint density at radius 3 is 2.84 bits per heavy atom. The number of benzene rings is 1. The number of thiophene rings is 1. The molecule has 1 aromatic carbocycles. The number of amides is 1. The van der Waals surface area contributed by atoms with Gasteiger partial charge in [0.1, 0.15) is 16.1 Å². The molecule has 8 nitrogen and oxygen atoms in total. The van der Waals surface area contributed by atoms with Crippen molar-refractivity contribution in [2.45, 2.75) is 19.3 Å². The zero-order valence-corrected chi connectivity index (χ0v) is 18.7. The minimum absolute atomic E-state index is 0.0130. The first-order chi connectivity index (χ1) is 15.4. The lowest BCUT2D eigenvalue weighted by atomic mass is 10.1. The number of hydrogen-bond donors (Lipinski definition) is 1. The van der Waals surface area contributed by atoms with E-state index in [2.05, 4.69) is 16.5 Å². The number of nitrogens with one attached hydrogen (secondary N) is 1. The third-order valence-electron chi connectivity index (χ3n) is 4.85. The second kappa shape index (κ2) is 9.12. The molecular formula is C21H14Cl2N4O4S. The van der Waals surface area contributed by atoms with Gasteiger partial charge in [-0.1, -0.05) is 35.3 Å². The smallest absolute Gasteiger partial charge is 0.340 e. The van der Waals surface area contributed by atoms with Crippen molar-refractivity contribution in [1.82, 2.24) is 9.78 Å². The van der Waals surface area contributed by atoms with Crippen LogP contribution >= 0.6 is 34.5 Å². The van der Waals surface area contributed by atoms with Crippen molar-refractivity contribution < 1.29 is 14.3 Å². The van der Waals surface area contributed by atoms with E-state index in [1.807, 2.05) is 0 Å². The van der Waals surface area contributed by atoms with Crippen LogP contribution in [-0.4, -0.2) is 28.3 Å². The van der Waals surface area contributed by atoms with Gasteiger partial charge in [0.2, 0.25) is 0 Å². The van der Waals surface area contributed by atoms with E-state index in [0.717, 1.165) is 34.4 Å². The molecule has 0 saturated carbocycles. The number of aromatic nitrogens is 2. The van der Waals surface area contributed by atoms with E-state index < -0.39 is 24.0 Å². The van der Waals surface area contributed by atoms with E-state index in [1.54, 1.807) is 12.1 Å². The average molecular weight is 489 g/mol. The number of para-hydroxylation sites is 1. The maximum Gasteiger partial charge on any atom is 0.340 e. The molecule has 162 valence electrons. The van der Waals surface area contributed by atoms with Crippen LogP contribution in [0.4, 0.5) is 5.00 Å². The fourth-order valence-electron chi connectivity index (χ4n) is 3.40. The molecule has 0 spiro atoms. The highest BCUT2D eigenvalue weighted by Gasteiger charge is 2.24. The first kappa shape index (κ1) is 22.0. The summed E-state index contributed by atoms with van der Waals surface area (Å²) < 4.78 is 6.07. The van der Waals surface area contributed by atoms with Gasteiger partial charge in [-0.25, -0.2) is 4.79 Å². The van der Waals surface area contributed by atoms with Crippen LogP contribution in [0.2, 0.25) is 10.0 Å². The lowest BCUT2D eigenvalue weighted by molar-refractivity contribution is -0.119. The van der Waals surface area contributed by atoms with Gasteiger partial charge in [0, 0.05) is 4.88 Å². The summed E-state index contributed by atoms with van der Waals surface area (Å²) in [5.74, 6) is -1.40. The summed E-state index contributed by atoms with van der Waals surface area (Å²) in [6, 6.07) is 8.25. The third-order valence-corrected chi connectivity index (χ3v) is 6.80. The topological polar surface area (TPSA) is 114 Å². The summed E-state index contributed by atoms with van der Waals surface area (Å²) in [4.78, 5) is 38.5. The largest absolute Gasteiger partial charge is 0.452 e. The monoisotopic (exact) mass is 488 g/mol. The molecule has 1 aliphatic carbocycles. The van der Waals surface area contributed by atoms with E-state index in [9.17, 15) is 19.6 Å². The van der Waals surface area contributed by atoms with Gasteiger partial charge in [0.05, 0.1) is 28.0 Å². The molecule has 0 saturated heterocycles. The first-order valence-corrected chi connectivity index (χ1v) is 11.0. The molecule has 0 bridgehead atoms. The zero-order chi connectivity index (χ0) is 22.8. The Morgan fingerprint density at radius 2 is 2.06 bits per heavy atom. The summed E-state index contributed by atoms with van der Waals surface area (Å²) in [7, 11) is 0. The van der Waals surface area contributed by atoms with Crippen molar-refractivity contribution in [2.24, 2.45) is 0 Å². The van der Waals surface area contributed by atoms with Gasteiger partial charge >= 0.3 is 5.97 Å². The van der Waals surface area contributed by atoms with E-state index in [-0.39, 0.29) is 21.3 Å². The van der Waals surface area contributed by atoms with Crippen LogP contribution in [0.5, 0.6) is 0 Å². The van der Waals surface area contributed by atoms with Crippen molar-refractivity contribution in [1.29, 1.82) is 5.26 Å². The number of hydrogen-bond acceptors (Lipinski definition) is 7. The van der Waals surface area contributed by atoms with Gasteiger partial charge in [0.15, 0.2) is 6.61 Å². The quantitative estimate of drug-likeness (QED) is 0.546. The van der Waals surface area contributed by atoms with E-state index in [0.29, 0.717) is 10.6 Å². The molecule has 0 radical (unpaired) electrons. The summed E-state index contributed by atoms with van der Waals surface area (Å²) in [6.07, 6.45) is 3.89. The Balaban J connectivity index is 1.49. The predicted octanol–water partition coefficient (Wildman–Crippen LogP) is 3.76. The Labute approximate surface area is 195 Å². The SMILES string of the molecule is N#Cc1c(NC(=O)COC(=O)c2ccccc2-n2ncc(Cl)c(Cl)c2=O)sc2c1CCC2. The van der Waals surface area contributed by atoms with Crippen LogP contribution in [0.1, 0.15) is 32.8 Å². The number of aryl methyl sites for hydroxylation is 1. The van der Waals surface area contributed by atoms with Crippen LogP contribution in [0.25, 0.3) is 5.69 Å². The summed E-state index contributed by atoms with van der Waals surface area (Å²) in [5.41, 5.74) is 0.895. The molecule has 0 atom stereocenters. The molecule has 4 rings (SSSR count). The molecule has 1 aliphatic rings. The highest BCUT2D eigenvalue weighted by molar-refractivity contribution is 7.16. The maximum atomic E-state index is 12.6. The first-order valence-electron chi connectivity index (χ1n) is 9.45. The van der Waals surface area contributed by atoms with Crippen molar-refractivity contribution in [3.8, 4) is 11.8 Å². The predicted molar refractivity (Wildman–Crippen MR) is 120 cm³/mol. The van der Waals surface area contributed by atoms with E-state index >= 15 is 0 Å². The minimum atomic E-state index is -0.829.